The Labute approximate surface area is 150 Å². The van der Waals surface area contributed by atoms with Crippen LogP contribution in [0.1, 0.15) is 10.4 Å². The average Bonchev–Trinajstić information content (AvgIpc) is 2.43. The topological polar surface area (TPSA) is 40.1 Å². The lowest BCUT2D eigenvalue weighted by Gasteiger charge is -2.16. The molecule has 0 aliphatic heterocycles. The monoisotopic (exact) mass is 401 g/mol. The van der Waals surface area contributed by atoms with Crippen LogP contribution < -0.4 is 5.11 Å². The summed E-state index contributed by atoms with van der Waals surface area (Å²) < 4.78 is 0. The van der Waals surface area contributed by atoms with Crippen molar-refractivity contribution in [3.05, 3.63) is 53.9 Å². The third-order valence-electron chi connectivity index (χ3n) is 2.68. The van der Waals surface area contributed by atoms with Crippen molar-refractivity contribution in [1.82, 2.24) is 0 Å². The minimum atomic E-state index is -1.42. The van der Waals surface area contributed by atoms with Crippen LogP contribution in [0.2, 0.25) is 30.1 Å². The maximum atomic E-state index is 11.2. The Morgan fingerprint density at radius 1 is 0.810 bits per heavy atom. The van der Waals surface area contributed by atoms with Crippen molar-refractivity contribution in [3.8, 4) is 11.1 Å². The van der Waals surface area contributed by atoms with Gasteiger partial charge in [0.05, 0.1) is 31.1 Å². The maximum absolute atomic E-state index is 11.2. The number of carbonyl (C=O) groups is 1. The third-order valence-corrected chi connectivity index (χ3v) is 5.19. The number of hydrogen-bond acceptors (Lipinski definition) is 2. The summed E-state index contributed by atoms with van der Waals surface area (Å²) in [6, 6.07) is 4.05. The predicted molar refractivity (Wildman–Crippen MR) is 86.3 cm³/mol. The van der Waals surface area contributed by atoms with E-state index in [1.807, 2.05) is 0 Å². The summed E-state index contributed by atoms with van der Waals surface area (Å²) in [4.78, 5) is 11.2. The Kier molecular flexibility index (Phi) is 5.19. The molecule has 0 atom stereocenters. The van der Waals surface area contributed by atoms with Crippen molar-refractivity contribution in [2.24, 2.45) is 0 Å². The second-order valence-corrected chi connectivity index (χ2v) is 6.25. The van der Waals surface area contributed by atoms with Crippen LogP contribution in [-0.4, -0.2) is 5.97 Å². The van der Waals surface area contributed by atoms with Gasteiger partial charge in [0, 0.05) is 16.1 Å². The molecule has 0 bridgehead atoms. The third kappa shape index (κ3) is 3.07. The lowest BCUT2D eigenvalue weighted by molar-refractivity contribution is -0.254. The summed E-state index contributed by atoms with van der Waals surface area (Å²) in [6.45, 7) is 0. The van der Waals surface area contributed by atoms with Gasteiger partial charge in [-0.15, -0.1) is 0 Å². The summed E-state index contributed by atoms with van der Waals surface area (Å²) in [5.74, 6) is -1.42. The van der Waals surface area contributed by atoms with Gasteiger partial charge >= 0.3 is 0 Å². The molecule has 21 heavy (non-hydrogen) atoms. The quantitative estimate of drug-likeness (QED) is 0.481. The highest BCUT2D eigenvalue weighted by molar-refractivity contribution is 6.56. The molecule has 0 aromatic heterocycles. The lowest BCUT2D eigenvalue weighted by Crippen LogP contribution is -2.23. The fraction of sp³-hybridized carbons (Fsp3) is 0. The number of carbonyl (C=O) groups excluding carboxylic acids is 1. The number of hydrogen-bond donors (Lipinski definition) is 0. The molecular weight excluding hydrogens is 401 g/mol. The first kappa shape index (κ1) is 17.0. The SMILES string of the molecule is O=C([O-])c1ccc(Cl)cc1-c1c(Cl)c(Cl)c(Cl)c(Cl)c1Cl. The zero-order chi connectivity index (χ0) is 15.9. The van der Waals surface area contributed by atoms with Gasteiger partial charge in [-0.3, -0.25) is 0 Å². The van der Waals surface area contributed by atoms with Crippen LogP contribution in [0.3, 0.4) is 0 Å². The van der Waals surface area contributed by atoms with Crippen molar-refractivity contribution in [2.75, 3.05) is 0 Å². The molecule has 0 aliphatic carbocycles. The van der Waals surface area contributed by atoms with E-state index in [1.54, 1.807) is 0 Å². The molecule has 0 saturated carbocycles. The highest BCUT2D eigenvalue weighted by atomic mass is 35.5. The minimum Gasteiger partial charge on any atom is -0.545 e. The Bertz CT molecular complexity index is 728. The smallest absolute Gasteiger partial charge is 0.0809 e. The van der Waals surface area contributed by atoms with Gasteiger partial charge in [-0.25, -0.2) is 0 Å². The number of rotatable bonds is 2. The highest BCUT2D eigenvalue weighted by Crippen LogP contribution is 2.49. The molecule has 0 heterocycles. The van der Waals surface area contributed by atoms with Gasteiger partial charge in [0.25, 0.3) is 0 Å². The van der Waals surface area contributed by atoms with Gasteiger partial charge < -0.3 is 9.90 Å². The van der Waals surface area contributed by atoms with Crippen LogP contribution in [-0.2, 0) is 0 Å². The molecule has 0 N–H and O–H groups in total. The van der Waals surface area contributed by atoms with E-state index < -0.39 is 5.97 Å². The van der Waals surface area contributed by atoms with Gasteiger partial charge in [-0.2, -0.15) is 0 Å². The summed E-state index contributed by atoms with van der Waals surface area (Å²) >= 11 is 36.0. The predicted octanol–water partition coefficient (Wildman–Crippen LogP) is 5.64. The Balaban J connectivity index is 2.92. The Morgan fingerprint density at radius 2 is 1.29 bits per heavy atom. The van der Waals surface area contributed by atoms with E-state index in [-0.39, 0.29) is 46.8 Å². The van der Waals surface area contributed by atoms with Crippen LogP contribution in [0.5, 0.6) is 0 Å². The van der Waals surface area contributed by atoms with E-state index in [2.05, 4.69) is 0 Å². The number of benzene rings is 2. The van der Waals surface area contributed by atoms with Crippen molar-refractivity contribution in [3.63, 3.8) is 0 Å². The van der Waals surface area contributed by atoms with Crippen molar-refractivity contribution in [2.45, 2.75) is 0 Å². The molecule has 110 valence electrons. The largest absolute Gasteiger partial charge is 0.545 e. The molecule has 2 nitrogen and oxygen atoms in total. The van der Waals surface area contributed by atoms with Crippen LogP contribution in [0.25, 0.3) is 11.1 Å². The van der Waals surface area contributed by atoms with Crippen molar-refractivity contribution in [1.29, 1.82) is 0 Å². The van der Waals surface area contributed by atoms with Crippen LogP contribution in [0.15, 0.2) is 18.2 Å². The molecule has 0 aliphatic rings. The summed E-state index contributed by atoms with van der Waals surface area (Å²) in [6.07, 6.45) is 0. The molecule has 0 unspecified atom stereocenters. The summed E-state index contributed by atoms with van der Waals surface area (Å²) in [5, 5.41) is 11.4. The van der Waals surface area contributed by atoms with Crippen molar-refractivity contribution < 1.29 is 9.90 Å². The Hall–Kier alpha value is -0.350. The van der Waals surface area contributed by atoms with Gasteiger partial charge in [0.15, 0.2) is 0 Å². The molecule has 0 spiro atoms. The van der Waals surface area contributed by atoms with Gasteiger partial charge in [-0.05, 0) is 17.7 Å². The van der Waals surface area contributed by atoms with E-state index >= 15 is 0 Å². The lowest BCUT2D eigenvalue weighted by atomic mass is 9.99. The van der Waals surface area contributed by atoms with E-state index in [0.717, 1.165) is 0 Å². The van der Waals surface area contributed by atoms with Gasteiger partial charge in [0.1, 0.15) is 0 Å². The number of halogens is 6. The van der Waals surface area contributed by atoms with Gasteiger partial charge in [0.2, 0.25) is 0 Å². The maximum Gasteiger partial charge on any atom is 0.0809 e. The summed E-state index contributed by atoms with van der Waals surface area (Å²) in [5.41, 5.74) is 0.107. The van der Waals surface area contributed by atoms with E-state index in [0.29, 0.717) is 0 Å². The van der Waals surface area contributed by atoms with E-state index in [1.165, 1.54) is 18.2 Å². The second kappa shape index (κ2) is 6.41. The number of carboxylic acids is 1. The first-order valence-corrected chi connectivity index (χ1v) is 7.55. The molecule has 2 rings (SSSR count). The molecule has 0 amide bonds. The first-order chi connectivity index (χ1) is 9.75. The van der Waals surface area contributed by atoms with Crippen molar-refractivity contribution >= 4 is 75.6 Å². The zero-order valence-electron chi connectivity index (χ0n) is 9.82. The number of carboxylic acid groups (broad SMARTS) is 1. The Morgan fingerprint density at radius 3 is 1.76 bits per heavy atom. The molecule has 0 saturated heterocycles. The summed E-state index contributed by atoms with van der Waals surface area (Å²) in [7, 11) is 0. The standard InChI is InChI=1S/C13H4Cl6O2/c14-4-1-2-5(13(20)21)6(3-4)7-8(15)10(17)12(19)11(18)9(7)16/h1-3H,(H,20,21)/p-1. The minimum absolute atomic E-state index is 0.0193. The fourth-order valence-corrected chi connectivity index (χ4v) is 3.26. The van der Waals surface area contributed by atoms with Crippen LogP contribution in [0, 0.1) is 0 Å². The normalized spacial score (nSPS) is 10.8. The first-order valence-electron chi connectivity index (χ1n) is 5.28. The van der Waals surface area contributed by atoms with Crippen LogP contribution in [0.4, 0.5) is 0 Å². The molecule has 0 radical (unpaired) electrons. The molecular formula is C13H3Cl6O2-. The van der Waals surface area contributed by atoms with E-state index in [9.17, 15) is 9.90 Å². The fourth-order valence-electron chi connectivity index (χ4n) is 1.74. The molecule has 8 heteroatoms. The number of aromatic carboxylic acids is 1. The zero-order valence-corrected chi connectivity index (χ0v) is 14.4. The molecule has 0 fully saturated rings. The molecule has 2 aromatic carbocycles. The van der Waals surface area contributed by atoms with E-state index in [4.69, 9.17) is 69.6 Å². The van der Waals surface area contributed by atoms with Gasteiger partial charge in [-0.1, -0.05) is 75.7 Å². The highest BCUT2D eigenvalue weighted by Gasteiger charge is 2.22. The second-order valence-electron chi connectivity index (χ2n) is 3.92. The van der Waals surface area contributed by atoms with Crippen LogP contribution >= 0.6 is 69.6 Å². The average molecular weight is 404 g/mol. The molecule has 2 aromatic rings.